The monoisotopic (exact) mass is 515 g/mol. The second kappa shape index (κ2) is 11.3. The van der Waals surface area contributed by atoms with E-state index in [1.807, 2.05) is 75.4 Å². The molecule has 0 radical (unpaired) electrons. The molecule has 1 amide bonds. The van der Waals surface area contributed by atoms with Crippen LogP contribution >= 0.6 is 15.9 Å². The molecule has 2 aromatic carbocycles. The van der Waals surface area contributed by atoms with Crippen molar-refractivity contribution in [2.45, 2.75) is 39.4 Å². The van der Waals surface area contributed by atoms with Crippen molar-refractivity contribution in [2.75, 3.05) is 25.3 Å². The predicted octanol–water partition coefficient (Wildman–Crippen LogP) is 5.86. The highest BCUT2D eigenvalue weighted by molar-refractivity contribution is 9.10. The Morgan fingerprint density at radius 1 is 1.09 bits per heavy atom. The van der Waals surface area contributed by atoms with Gasteiger partial charge in [-0.2, -0.15) is 0 Å². The number of rotatable bonds is 9. The van der Waals surface area contributed by atoms with Gasteiger partial charge in [0.2, 0.25) is 0 Å². The van der Waals surface area contributed by atoms with Crippen LogP contribution < -0.4 is 15.2 Å². The summed E-state index contributed by atoms with van der Waals surface area (Å²) < 4.78 is 17.4. The van der Waals surface area contributed by atoms with E-state index >= 15 is 0 Å². The zero-order valence-electron chi connectivity index (χ0n) is 19.4. The fourth-order valence-corrected chi connectivity index (χ4v) is 3.45. The molecule has 0 saturated carbocycles. The van der Waals surface area contributed by atoms with Crippen molar-refractivity contribution in [3.05, 3.63) is 64.6 Å². The van der Waals surface area contributed by atoms with Crippen LogP contribution in [0.5, 0.6) is 5.75 Å². The highest BCUT2D eigenvalue weighted by Crippen LogP contribution is 2.22. The molecule has 1 aromatic heterocycles. The van der Waals surface area contributed by atoms with Gasteiger partial charge < -0.3 is 14.2 Å². The lowest BCUT2D eigenvalue weighted by molar-refractivity contribution is 0.0517. The molecule has 0 bridgehead atoms. The summed E-state index contributed by atoms with van der Waals surface area (Å²) in [7, 11) is 1.64. The van der Waals surface area contributed by atoms with Gasteiger partial charge in [-0.3, -0.25) is 5.01 Å². The van der Waals surface area contributed by atoms with Gasteiger partial charge in [0.25, 0.3) is 0 Å². The van der Waals surface area contributed by atoms with Crippen LogP contribution in [0.25, 0.3) is 10.9 Å². The Kier molecular flexibility index (Phi) is 8.52. The molecule has 0 unspecified atom stereocenters. The van der Waals surface area contributed by atoms with Crippen molar-refractivity contribution in [2.24, 2.45) is 0 Å². The molecule has 1 heterocycles. The van der Waals surface area contributed by atoms with Gasteiger partial charge in [-0.05, 0) is 69.2 Å². The topological polar surface area (TPSA) is 72.9 Å². The number of hydrazine groups is 1. The van der Waals surface area contributed by atoms with Crippen molar-refractivity contribution in [1.29, 1.82) is 0 Å². The third-order valence-corrected chi connectivity index (χ3v) is 5.13. The van der Waals surface area contributed by atoms with E-state index < -0.39 is 11.7 Å². The van der Waals surface area contributed by atoms with E-state index in [-0.39, 0.29) is 0 Å². The lowest BCUT2D eigenvalue weighted by atomic mass is 10.2. The predicted molar refractivity (Wildman–Crippen MR) is 133 cm³/mol. The van der Waals surface area contributed by atoms with Crippen LogP contribution in [0.1, 0.15) is 32.8 Å². The summed E-state index contributed by atoms with van der Waals surface area (Å²) >= 11 is 3.49. The first-order valence-corrected chi connectivity index (χ1v) is 11.6. The summed E-state index contributed by atoms with van der Waals surface area (Å²) in [5.74, 6) is 1.44. The van der Waals surface area contributed by atoms with Gasteiger partial charge in [-0.25, -0.2) is 15.2 Å². The number of hydrogen-bond donors (Lipinski definition) is 1. The molecule has 33 heavy (non-hydrogen) atoms. The maximum atomic E-state index is 12.4. The van der Waals surface area contributed by atoms with Gasteiger partial charge >= 0.3 is 6.09 Å². The first-order valence-electron chi connectivity index (χ1n) is 10.8. The molecule has 1 N–H and O–H groups in total. The zero-order valence-corrected chi connectivity index (χ0v) is 21.0. The Morgan fingerprint density at radius 3 is 2.52 bits per heavy atom. The Bertz CT molecular complexity index is 1070. The van der Waals surface area contributed by atoms with Crippen molar-refractivity contribution >= 4 is 38.7 Å². The summed E-state index contributed by atoms with van der Waals surface area (Å²) in [6, 6.07) is 17.6. The van der Waals surface area contributed by atoms with E-state index in [0.717, 1.165) is 26.7 Å². The Hall–Kier alpha value is -2.84. The van der Waals surface area contributed by atoms with Crippen LogP contribution in [0.4, 0.5) is 10.6 Å². The SMILES string of the molecule is COc1ccc(COCCCN(NC(=O)OC(C)(C)C)c2ccc3ccc(Br)cc3n2)cc1. The summed E-state index contributed by atoms with van der Waals surface area (Å²) in [5.41, 5.74) is 4.12. The standard InChI is InChI=1S/C25H30BrN3O4/c1-25(2,3)33-24(30)28-29(23-13-9-19-8-10-20(26)16-22(19)27-23)14-5-15-32-17-18-6-11-21(31-4)12-7-18/h6-13,16H,5,14-15,17H2,1-4H3,(H,28,30). The Balaban J connectivity index is 1.63. The number of anilines is 1. The van der Waals surface area contributed by atoms with E-state index in [2.05, 4.69) is 21.4 Å². The van der Waals surface area contributed by atoms with Crippen LogP contribution in [0.15, 0.2) is 59.1 Å². The fraction of sp³-hybridized carbons (Fsp3) is 0.360. The normalized spacial score (nSPS) is 11.3. The Labute approximate surface area is 203 Å². The van der Waals surface area contributed by atoms with E-state index in [4.69, 9.17) is 19.2 Å². The average Bonchev–Trinajstić information content (AvgIpc) is 2.76. The molecule has 8 heteroatoms. The molecule has 7 nitrogen and oxygen atoms in total. The molecule has 0 atom stereocenters. The number of halogens is 1. The number of methoxy groups -OCH3 is 1. The fourth-order valence-electron chi connectivity index (χ4n) is 3.11. The minimum Gasteiger partial charge on any atom is -0.497 e. The molecule has 3 rings (SSSR count). The highest BCUT2D eigenvalue weighted by atomic mass is 79.9. The van der Waals surface area contributed by atoms with Crippen molar-refractivity contribution in [3.8, 4) is 5.75 Å². The average molecular weight is 516 g/mol. The van der Waals surface area contributed by atoms with Crippen LogP contribution in [0, 0.1) is 0 Å². The van der Waals surface area contributed by atoms with Crippen molar-refractivity contribution < 1.29 is 19.0 Å². The lowest BCUT2D eigenvalue weighted by Gasteiger charge is -2.27. The van der Waals surface area contributed by atoms with Crippen LogP contribution in [-0.2, 0) is 16.1 Å². The second-order valence-corrected chi connectivity index (χ2v) is 9.44. The number of ether oxygens (including phenoxy) is 3. The lowest BCUT2D eigenvalue weighted by Crippen LogP contribution is -2.46. The largest absolute Gasteiger partial charge is 0.497 e. The van der Waals surface area contributed by atoms with Gasteiger partial charge in [0.1, 0.15) is 17.2 Å². The molecule has 176 valence electrons. The molecular weight excluding hydrogens is 486 g/mol. The number of amides is 1. The number of aromatic nitrogens is 1. The van der Waals surface area contributed by atoms with Gasteiger partial charge in [-0.1, -0.05) is 34.1 Å². The third kappa shape index (κ3) is 7.91. The number of carbonyl (C=O) groups is 1. The van der Waals surface area contributed by atoms with Crippen LogP contribution in [0.2, 0.25) is 0 Å². The maximum Gasteiger partial charge on any atom is 0.426 e. The van der Waals surface area contributed by atoms with E-state index in [1.165, 1.54) is 0 Å². The molecular formula is C25H30BrN3O4. The zero-order chi connectivity index (χ0) is 23.8. The molecule has 3 aromatic rings. The van der Waals surface area contributed by atoms with E-state index in [1.54, 1.807) is 12.1 Å². The van der Waals surface area contributed by atoms with Crippen molar-refractivity contribution in [1.82, 2.24) is 10.4 Å². The molecule has 0 saturated heterocycles. The van der Waals surface area contributed by atoms with Gasteiger partial charge in [0.05, 0.1) is 19.2 Å². The Morgan fingerprint density at radius 2 is 1.82 bits per heavy atom. The molecule has 0 aliphatic carbocycles. The third-order valence-electron chi connectivity index (χ3n) is 4.64. The quantitative estimate of drug-likeness (QED) is 0.284. The minimum absolute atomic E-state index is 0.506. The van der Waals surface area contributed by atoms with E-state index in [9.17, 15) is 4.79 Å². The highest BCUT2D eigenvalue weighted by Gasteiger charge is 2.19. The van der Waals surface area contributed by atoms with Crippen molar-refractivity contribution in [3.63, 3.8) is 0 Å². The molecule has 0 aliphatic rings. The number of hydrogen-bond acceptors (Lipinski definition) is 6. The molecule has 0 fully saturated rings. The minimum atomic E-state index is -0.598. The van der Waals surface area contributed by atoms with Crippen LogP contribution in [-0.4, -0.2) is 36.9 Å². The second-order valence-electron chi connectivity index (χ2n) is 8.53. The number of benzene rings is 2. The van der Waals surface area contributed by atoms with Gasteiger partial charge in [0.15, 0.2) is 0 Å². The first kappa shape index (κ1) is 24.8. The maximum absolute atomic E-state index is 12.4. The first-order chi connectivity index (χ1) is 15.7. The number of nitrogens with zero attached hydrogens (tertiary/aromatic N) is 2. The number of carbonyl (C=O) groups excluding carboxylic acids is 1. The summed E-state index contributed by atoms with van der Waals surface area (Å²) in [5, 5.41) is 2.72. The van der Waals surface area contributed by atoms with E-state index in [0.29, 0.717) is 32.0 Å². The number of pyridine rings is 1. The summed E-state index contributed by atoms with van der Waals surface area (Å²) in [6.45, 7) is 7.03. The molecule has 0 spiro atoms. The van der Waals surface area contributed by atoms with Gasteiger partial charge in [0, 0.05) is 23.0 Å². The summed E-state index contributed by atoms with van der Waals surface area (Å²) in [6.07, 6.45) is 0.155. The number of nitrogens with one attached hydrogen (secondary N) is 1. The smallest absolute Gasteiger partial charge is 0.426 e. The summed E-state index contributed by atoms with van der Waals surface area (Å²) in [4.78, 5) is 17.2. The molecule has 0 aliphatic heterocycles. The van der Waals surface area contributed by atoms with Gasteiger partial charge in [-0.15, -0.1) is 0 Å². The van der Waals surface area contributed by atoms with Crippen LogP contribution in [0.3, 0.4) is 0 Å². The number of fused-ring (bicyclic) bond motifs is 1.